The van der Waals surface area contributed by atoms with Crippen molar-refractivity contribution in [3.8, 4) is 0 Å². The Morgan fingerprint density at radius 2 is 1.74 bits per heavy atom. The first-order chi connectivity index (χ1) is 10.7. The number of amides is 1. The van der Waals surface area contributed by atoms with Gasteiger partial charge in [0.15, 0.2) is 0 Å². The first-order valence-corrected chi connectivity index (χ1v) is 9.26. The number of hydrogen-bond donors (Lipinski definition) is 2. The van der Waals surface area contributed by atoms with Gasteiger partial charge in [0.25, 0.3) is 5.91 Å². The molecule has 0 fully saturated rings. The molecule has 2 aromatic carbocycles. The summed E-state index contributed by atoms with van der Waals surface area (Å²) in [5.74, 6) is -0.0139. The standard InChI is InChI=1S/C16H17BrN2O3S/c1-10(2)11-3-5-12(6-4-11)19-16(20)14-9-13(23(18,21)22)7-8-15(14)17/h3-10H,1-2H3,(H,19,20)(H2,18,21,22). The highest BCUT2D eigenvalue weighted by Crippen LogP contribution is 2.22. The maximum atomic E-state index is 12.4. The Balaban J connectivity index is 2.27. The number of nitrogens with one attached hydrogen (secondary N) is 1. The summed E-state index contributed by atoms with van der Waals surface area (Å²) in [7, 11) is -3.86. The van der Waals surface area contributed by atoms with E-state index in [2.05, 4.69) is 35.1 Å². The number of anilines is 1. The highest BCUT2D eigenvalue weighted by Gasteiger charge is 2.15. The van der Waals surface area contributed by atoms with Crippen LogP contribution >= 0.6 is 15.9 Å². The Labute approximate surface area is 144 Å². The Morgan fingerprint density at radius 3 is 2.26 bits per heavy atom. The molecule has 5 nitrogen and oxygen atoms in total. The van der Waals surface area contributed by atoms with E-state index in [9.17, 15) is 13.2 Å². The fraction of sp³-hybridized carbons (Fsp3) is 0.188. The smallest absolute Gasteiger partial charge is 0.256 e. The largest absolute Gasteiger partial charge is 0.322 e. The van der Waals surface area contributed by atoms with E-state index < -0.39 is 15.9 Å². The van der Waals surface area contributed by atoms with Gasteiger partial charge < -0.3 is 5.32 Å². The molecule has 0 aliphatic carbocycles. The second-order valence-corrected chi connectivity index (χ2v) is 7.83. The molecule has 122 valence electrons. The van der Waals surface area contributed by atoms with Gasteiger partial charge in [-0.25, -0.2) is 13.6 Å². The monoisotopic (exact) mass is 396 g/mol. The zero-order valence-electron chi connectivity index (χ0n) is 12.7. The minimum Gasteiger partial charge on any atom is -0.322 e. The van der Waals surface area contributed by atoms with E-state index in [1.54, 1.807) is 0 Å². The molecule has 2 aromatic rings. The molecule has 0 aromatic heterocycles. The average molecular weight is 397 g/mol. The predicted octanol–water partition coefficient (Wildman–Crippen LogP) is 3.47. The quantitative estimate of drug-likeness (QED) is 0.828. The third-order valence-corrected chi connectivity index (χ3v) is 4.95. The number of halogens is 1. The Bertz CT molecular complexity index is 831. The summed E-state index contributed by atoms with van der Waals surface area (Å²) in [6.45, 7) is 4.17. The molecule has 1 amide bonds. The molecule has 0 saturated carbocycles. The maximum Gasteiger partial charge on any atom is 0.256 e. The van der Waals surface area contributed by atoms with E-state index in [4.69, 9.17) is 5.14 Å². The summed E-state index contributed by atoms with van der Waals surface area (Å²) >= 11 is 3.25. The summed E-state index contributed by atoms with van der Waals surface area (Å²) in [6, 6.07) is 11.6. The number of sulfonamides is 1. The first kappa shape index (κ1) is 17.7. The van der Waals surface area contributed by atoms with E-state index in [-0.39, 0.29) is 10.5 Å². The van der Waals surface area contributed by atoms with Crippen LogP contribution in [0, 0.1) is 0 Å². The van der Waals surface area contributed by atoms with Gasteiger partial charge in [0.1, 0.15) is 0 Å². The van der Waals surface area contributed by atoms with E-state index in [1.165, 1.54) is 23.8 Å². The van der Waals surface area contributed by atoms with Crippen LogP contribution in [0.1, 0.15) is 35.7 Å². The molecular formula is C16H17BrN2O3S. The van der Waals surface area contributed by atoms with Crippen molar-refractivity contribution >= 4 is 37.5 Å². The molecule has 0 radical (unpaired) electrons. The maximum absolute atomic E-state index is 12.4. The van der Waals surface area contributed by atoms with Crippen LogP contribution in [0.2, 0.25) is 0 Å². The van der Waals surface area contributed by atoms with Crippen LogP contribution in [-0.2, 0) is 10.0 Å². The molecule has 0 aliphatic rings. The van der Waals surface area contributed by atoms with Crippen molar-refractivity contribution < 1.29 is 13.2 Å². The molecule has 0 bridgehead atoms. The van der Waals surface area contributed by atoms with E-state index >= 15 is 0 Å². The highest BCUT2D eigenvalue weighted by atomic mass is 79.9. The van der Waals surface area contributed by atoms with Crippen molar-refractivity contribution in [2.75, 3.05) is 5.32 Å². The number of primary sulfonamides is 1. The van der Waals surface area contributed by atoms with Crippen molar-refractivity contribution in [3.05, 3.63) is 58.1 Å². The molecule has 23 heavy (non-hydrogen) atoms. The summed E-state index contributed by atoms with van der Waals surface area (Å²) < 4.78 is 23.3. The number of rotatable bonds is 4. The van der Waals surface area contributed by atoms with Crippen LogP contribution in [0.4, 0.5) is 5.69 Å². The summed E-state index contributed by atoms with van der Waals surface area (Å²) in [6.07, 6.45) is 0. The third kappa shape index (κ3) is 4.40. The van der Waals surface area contributed by atoms with Crippen molar-refractivity contribution in [3.63, 3.8) is 0 Å². The summed E-state index contributed by atoms with van der Waals surface area (Å²) in [4.78, 5) is 12.2. The van der Waals surface area contributed by atoms with Gasteiger partial charge in [-0.1, -0.05) is 26.0 Å². The van der Waals surface area contributed by atoms with Crippen LogP contribution in [-0.4, -0.2) is 14.3 Å². The number of benzene rings is 2. The zero-order chi connectivity index (χ0) is 17.2. The predicted molar refractivity (Wildman–Crippen MR) is 94.0 cm³/mol. The lowest BCUT2D eigenvalue weighted by Gasteiger charge is -2.10. The molecule has 7 heteroatoms. The van der Waals surface area contributed by atoms with Gasteiger partial charge in [0, 0.05) is 10.2 Å². The lowest BCUT2D eigenvalue weighted by atomic mass is 10.0. The Kier molecular flexibility index (Phi) is 5.23. The molecule has 3 N–H and O–H groups in total. The number of nitrogens with two attached hydrogens (primary N) is 1. The van der Waals surface area contributed by atoms with Crippen molar-refractivity contribution in [1.82, 2.24) is 0 Å². The second-order valence-electron chi connectivity index (χ2n) is 5.42. The lowest BCUT2D eigenvalue weighted by Crippen LogP contribution is -2.16. The molecule has 0 atom stereocenters. The van der Waals surface area contributed by atoms with Gasteiger partial charge in [0.2, 0.25) is 10.0 Å². The molecule has 0 spiro atoms. The fourth-order valence-corrected chi connectivity index (χ4v) is 2.97. The Hall–Kier alpha value is -1.70. The topological polar surface area (TPSA) is 89.3 Å². The van der Waals surface area contributed by atoms with Crippen LogP contribution in [0.15, 0.2) is 51.8 Å². The van der Waals surface area contributed by atoms with Crippen LogP contribution < -0.4 is 10.5 Å². The molecule has 0 aliphatic heterocycles. The van der Waals surface area contributed by atoms with Gasteiger partial charge in [-0.15, -0.1) is 0 Å². The van der Waals surface area contributed by atoms with Gasteiger partial charge >= 0.3 is 0 Å². The molecule has 0 unspecified atom stereocenters. The molecule has 0 saturated heterocycles. The Morgan fingerprint density at radius 1 is 1.13 bits per heavy atom. The third-order valence-electron chi connectivity index (χ3n) is 3.35. The van der Waals surface area contributed by atoms with Gasteiger partial charge in [0.05, 0.1) is 10.5 Å². The second kappa shape index (κ2) is 6.82. The summed E-state index contributed by atoms with van der Waals surface area (Å²) in [5.41, 5.74) is 2.00. The van der Waals surface area contributed by atoms with Gasteiger partial charge in [-0.2, -0.15) is 0 Å². The lowest BCUT2D eigenvalue weighted by molar-refractivity contribution is 0.102. The van der Waals surface area contributed by atoms with E-state index in [0.29, 0.717) is 16.1 Å². The van der Waals surface area contributed by atoms with Crippen molar-refractivity contribution in [2.45, 2.75) is 24.7 Å². The summed E-state index contributed by atoms with van der Waals surface area (Å²) in [5, 5.41) is 7.84. The van der Waals surface area contributed by atoms with Crippen LogP contribution in [0.5, 0.6) is 0 Å². The highest BCUT2D eigenvalue weighted by molar-refractivity contribution is 9.10. The SMILES string of the molecule is CC(C)c1ccc(NC(=O)c2cc(S(N)(=O)=O)ccc2Br)cc1. The number of carbonyl (C=O) groups is 1. The number of carbonyl (C=O) groups excluding carboxylic acids is 1. The van der Waals surface area contributed by atoms with Crippen LogP contribution in [0.25, 0.3) is 0 Å². The zero-order valence-corrected chi connectivity index (χ0v) is 15.1. The molecule has 0 heterocycles. The molecular weight excluding hydrogens is 380 g/mol. The van der Waals surface area contributed by atoms with Crippen LogP contribution in [0.3, 0.4) is 0 Å². The van der Waals surface area contributed by atoms with Crippen molar-refractivity contribution in [2.24, 2.45) is 5.14 Å². The van der Waals surface area contributed by atoms with E-state index in [0.717, 1.165) is 0 Å². The van der Waals surface area contributed by atoms with Gasteiger partial charge in [-0.3, -0.25) is 4.79 Å². The minimum atomic E-state index is -3.86. The molecule has 2 rings (SSSR count). The fourth-order valence-electron chi connectivity index (χ4n) is 2.01. The van der Waals surface area contributed by atoms with Crippen molar-refractivity contribution in [1.29, 1.82) is 0 Å². The first-order valence-electron chi connectivity index (χ1n) is 6.92. The minimum absolute atomic E-state index is 0.110. The number of hydrogen-bond acceptors (Lipinski definition) is 3. The normalized spacial score (nSPS) is 11.5. The van der Waals surface area contributed by atoms with Gasteiger partial charge in [-0.05, 0) is 57.7 Å². The van der Waals surface area contributed by atoms with E-state index in [1.807, 2.05) is 24.3 Å². The average Bonchev–Trinajstić information content (AvgIpc) is 2.46.